The van der Waals surface area contributed by atoms with Gasteiger partial charge in [-0.2, -0.15) is 4.90 Å². The summed E-state index contributed by atoms with van der Waals surface area (Å²) in [5.74, 6) is 2.35. The molecule has 220 valence electrons. The molecule has 0 spiro atoms. The summed E-state index contributed by atoms with van der Waals surface area (Å²) in [5, 5.41) is 25.0. The fourth-order valence-electron chi connectivity index (χ4n) is 5.53. The van der Waals surface area contributed by atoms with E-state index in [-0.39, 0.29) is 0 Å². The molecule has 0 saturated carbocycles. The quantitative estimate of drug-likeness (QED) is 0.150. The van der Waals surface area contributed by atoms with Crippen molar-refractivity contribution in [1.29, 1.82) is 5.41 Å². The smallest absolute Gasteiger partial charge is 0.286 e. The first-order valence-electron chi connectivity index (χ1n) is 15.1. The van der Waals surface area contributed by atoms with Gasteiger partial charge in [-0.25, -0.2) is 0 Å². The Hall–Kier alpha value is -6.40. The van der Waals surface area contributed by atoms with Crippen LogP contribution in [0.15, 0.2) is 170 Å². The van der Waals surface area contributed by atoms with Crippen molar-refractivity contribution in [2.45, 2.75) is 0 Å². The number of para-hydroxylation sites is 2. The summed E-state index contributed by atoms with van der Waals surface area (Å²) in [4.78, 5) is 1.78. The molecule has 0 bridgehead atoms. The highest BCUT2D eigenvalue weighted by Gasteiger charge is 2.28. The molecule has 1 aromatic heterocycles. The zero-order valence-electron chi connectivity index (χ0n) is 25.0. The fourth-order valence-corrected chi connectivity index (χ4v) is 5.53. The third-order valence-electron chi connectivity index (χ3n) is 7.89. The standard InChI is InChI=1S/C40H30N6/c41-37(31-13-5-1-6-14-31)45(35-17-9-3-10-18-35)38(42)32-25-21-29(22-26-32)30-23-27-34(28-24-30)40-44-43-39(33-15-7-2-8-16-33)46(40)36-19-11-4-12-20-36/h1-28,41-42H/p+1. The maximum Gasteiger partial charge on any atom is 0.286 e. The van der Waals surface area contributed by atoms with E-state index in [1.807, 2.05) is 133 Å². The average Bonchev–Trinajstić information content (AvgIpc) is 3.59. The molecule has 0 unspecified atom stereocenters. The van der Waals surface area contributed by atoms with Crippen LogP contribution in [0.5, 0.6) is 0 Å². The minimum atomic E-state index is 0.295. The fraction of sp³-hybridized carbons (Fsp3) is 0. The summed E-state index contributed by atoms with van der Waals surface area (Å²) in [6.45, 7) is 0. The molecule has 0 aliphatic heterocycles. The molecule has 7 aromatic rings. The van der Waals surface area contributed by atoms with Crippen LogP contribution in [0.1, 0.15) is 11.1 Å². The molecule has 0 atom stereocenters. The number of nitrogens with two attached hydrogens (primary N) is 1. The predicted octanol–water partition coefficient (Wildman–Crippen LogP) is 7.31. The van der Waals surface area contributed by atoms with E-state index in [2.05, 4.69) is 51.2 Å². The number of nitrogens with zero attached hydrogens (tertiary/aromatic N) is 4. The molecule has 0 radical (unpaired) electrons. The number of hydrogen-bond donors (Lipinski definition) is 2. The van der Waals surface area contributed by atoms with Gasteiger partial charge in [-0.3, -0.25) is 15.4 Å². The second-order valence-electron chi connectivity index (χ2n) is 10.8. The topological polar surface area (TPSA) is 83.4 Å². The number of amidine groups is 2. The van der Waals surface area contributed by atoms with Gasteiger partial charge in [0, 0.05) is 22.4 Å². The Bertz CT molecular complexity index is 2090. The van der Waals surface area contributed by atoms with Crippen LogP contribution in [-0.2, 0) is 0 Å². The Morgan fingerprint density at radius 1 is 0.478 bits per heavy atom. The van der Waals surface area contributed by atoms with Gasteiger partial charge < -0.3 is 0 Å². The van der Waals surface area contributed by atoms with Gasteiger partial charge >= 0.3 is 0 Å². The molecule has 1 heterocycles. The van der Waals surface area contributed by atoms with Gasteiger partial charge in [-0.1, -0.05) is 121 Å². The van der Waals surface area contributed by atoms with Crippen molar-refractivity contribution in [2.24, 2.45) is 0 Å². The minimum absolute atomic E-state index is 0.295. The van der Waals surface area contributed by atoms with Crippen molar-refractivity contribution >= 4 is 17.4 Å². The predicted molar refractivity (Wildman–Crippen MR) is 186 cm³/mol. The van der Waals surface area contributed by atoms with Gasteiger partial charge in [0.1, 0.15) is 5.69 Å². The molecule has 0 saturated heterocycles. The monoisotopic (exact) mass is 595 g/mol. The Morgan fingerprint density at radius 3 is 1.48 bits per heavy atom. The summed E-state index contributed by atoms with van der Waals surface area (Å²) in [5.41, 5.74) is 7.51. The van der Waals surface area contributed by atoms with Gasteiger partial charge in [0.2, 0.25) is 5.84 Å². The van der Waals surface area contributed by atoms with E-state index in [0.29, 0.717) is 11.7 Å². The van der Waals surface area contributed by atoms with Crippen molar-refractivity contribution in [3.05, 3.63) is 181 Å². The third kappa shape index (κ3) is 5.63. The Kier molecular flexibility index (Phi) is 7.82. The van der Waals surface area contributed by atoms with Gasteiger partial charge in [0.25, 0.3) is 5.84 Å². The normalized spacial score (nSPS) is 10.8. The van der Waals surface area contributed by atoms with E-state index < -0.39 is 0 Å². The van der Waals surface area contributed by atoms with Gasteiger partial charge in [0.05, 0.1) is 5.56 Å². The SMILES string of the molecule is N=C(c1ccc(-c2ccc(-c3nnc(-c4ccccc4)n3-c3ccccc3)cc2)cc1)N(C(=[NH2+])c1ccccc1)c1ccccc1. The minimum Gasteiger partial charge on any atom is -0.286 e. The maximum absolute atomic E-state index is 9.17. The zero-order chi connectivity index (χ0) is 31.3. The summed E-state index contributed by atoms with van der Waals surface area (Å²) in [6, 6.07) is 56.2. The first-order valence-corrected chi connectivity index (χ1v) is 15.1. The maximum atomic E-state index is 9.17. The van der Waals surface area contributed by atoms with Crippen LogP contribution in [0.2, 0.25) is 0 Å². The van der Waals surface area contributed by atoms with Gasteiger partial charge in [-0.15, -0.1) is 10.2 Å². The first-order chi connectivity index (χ1) is 22.7. The van der Waals surface area contributed by atoms with Crippen LogP contribution in [-0.4, -0.2) is 26.4 Å². The van der Waals surface area contributed by atoms with Crippen molar-refractivity contribution in [3.63, 3.8) is 0 Å². The van der Waals surface area contributed by atoms with Crippen LogP contribution >= 0.6 is 0 Å². The van der Waals surface area contributed by atoms with E-state index in [9.17, 15) is 0 Å². The molecule has 3 N–H and O–H groups in total. The van der Waals surface area contributed by atoms with Gasteiger partial charge in [0.15, 0.2) is 11.6 Å². The average molecular weight is 596 g/mol. The van der Waals surface area contributed by atoms with E-state index in [1.54, 1.807) is 4.90 Å². The van der Waals surface area contributed by atoms with E-state index in [4.69, 9.17) is 10.8 Å². The van der Waals surface area contributed by atoms with Crippen molar-refractivity contribution in [3.8, 4) is 39.6 Å². The molecule has 0 amide bonds. The molecular weight excluding hydrogens is 564 g/mol. The van der Waals surface area contributed by atoms with Crippen LogP contribution in [0.4, 0.5) is 5.69 Å². The number of rotatable bonds is 7. The molecule has 0 aliphatic carbocycles. The molecule has 46 heavy (non-hydrogen) atoms. The van der Waals surface area contributed by atoms with Crippen LogP contribution < -0.4 is 10.3 Å². The van der Waals surface area contributed by atoms with Crippen LogP contribution in [0.3, 0.4) is 0 Å². The number of aromatic nitrogens is 3. The molecular formula is C40H31N6+. The third-order valence-corrected chi connectivity index (χ3v) is 7.89. The summed E-state index contributed by atoms with van der Waals surface area (Å²) < 4.78 is 2.10. The summed E-state index contributed by atoms with van der Waals surface area (Å²) >= 11 is 0. The van der Waals surface area contributed by atoms with Crippen molar-refractivity contribution in [2.75, 3.05) is 4.90 Å². The molecule has 0 aliphatic rings. The highest BCUT2D eigenvalue weighted by Crippen LogP contribution is 2.30. The molecule has 6 nitrogen and oxygen atoms in total. The lowest BCUT2D eigenvalue weighted by molar-refractivity contribution is -0.113. The van der Waals surface area contributed by atoms with Crippen molar-refractivity contribution < 1.29 is 5.41 Å². The van der Waals surface area contributed by atoms with Crippen molar-refractivity contribution in [1.82, 2.24) is 14.8 Å². The number of hydrogen-bond acceptors (Lipinski definition) is 3. The number of benzene rings is 6. The molecule has 7 rings (SSSR count). The Balaban J connectivity index is 1.17. The zero-order valence-corrected chi connectivity index (χ0v) is 25.0. The highest BCUT2D eigenvalue weighted by atomic mass is 15.3. The molecule has 0 fully saturated rings. The lowest BCUT2D eigenvalue weighted by atomic mass is 10.0. The van der Waals surface area contributed by atoms with Crippen LogP contribution in [0, 0.1) is 5.41 Å². The lowest BCUT2D eigenvalue weighted by Gasteiger charge is -2.18. The van der Waals surface area contributed by atoms with E-state index >= 15 is 0 Å². The Labute approximate surface area is 267 Å². The largest absolute Gasteiger partial charge is 0.286 e. The highest BCUT2D eigenvalue weighted by molar-refractivity contribution is 6.26. The van der Waals surface area contributed by atoms with Gasteiger partial charge in [-0.05, 0) is 59.7 Å². The summed E-state index contributed by atoms with van der Waals surface area (Å²) in [7, 11) is 0. The second kappa shape index (κ2) is 12.7. The second-order valence-corrected chi connectivity index (χ2v) is 10.8. The number of nitrogens with one attached hydrogen (secondary N) is 1. The lowest BCUT2D eigenvalue weighted by Crippen LogP contribution is -2.54. The number of anilines is 1. The first kappa shape index (κ1) is 28.4. The van der Waals surface area contributed by atoms with E-state index in [0.717, 1.165) is 56.4 Å². The summed E-state index contributed by atoms with van der Waals surface area (Å²) in [6.07, 6.45) is 0. The van der Waals surface area contributed by atoms with E-state index in [1.165, 1.54) is 0 Å². The van der Waals surface area contributed by atoms with Crippen LogP contribution in [0.25, 0.3) is 39.6 Å². The molecule has 6 heteroatoms. The molecule has 6 aromatic carbocycles. The Morgan fingerprint density at radius 2 is 0.913 bits per heavy atom.